The van der Waals surface area contributed by atoms with Gasteiger partial charge in [0.2, 0.25) is 0 Å². The third-order valence-corrected chi connectivity index (χ3v) is 4.70. The maximum atomic E-state index is 14.4. The van der Waals surface area contributed by atoms with Gasteiger partial charge in [-0.2, -0.15) is 43.9 Å². The molecule has 0 aliphatic carbocycles. The first-order valence-corrected chi connectivity index (χ1v) is 9.93. The number of amides is 1. The van der Waals surface area contributed by atoms with E-state index in [2.05, 4.69) is 0 Å². The van der Waals surface area contributed by atoms with Crippen LogP contribution in [-0.2, 0) is 21.8 Å². The molecule has 2 aromatic rings. The number of alkyl halides is 13. The summed E-state index contributed by atoms with van der Waals surface area (Å²) in [6, 6.07) is 7.48. The maximum absolute atomic E-state index is 14.4. The molecule has 4 nitrogen and oxygen atoms in total. The smallest absolute Gasteiger partial charge is 0.322 e. The van der Waals surface area contributed by atoms with Crippen molar-refractivity contribution in [1.29, 1.82) is 0 Å². The van der Waals surface area contributed by atoms with Gasteiger partial charge < -0.3 is 5.32 Å². The van der Waals surface area contributed by atoms with Crippen molar-refractivity contribution in [1.82, 2.24) is 0 Å². The highest BCUT2D eigenvalue weighted by Gasteiger charge is 2.80. The van der Waals surface area contributed by atoms with Crippen molar-refractivity contribution in [3.63, 3.8) is 0 Å². The summed E-state index contributed by atoms with van der Waals surface area (Å²) in [5.74, 6) is -14.4. The number of nitrogens with one attached hydrogen (secondary N) is 1. The van der Waals surface area contributed by atoms with Gasteiger partial charge in [0, 0.05) is 16.8 Å². The Morgan fingerprint density at radius 1 is 0.737 bits per heavy atom. The molecule has 0 radical (unpaired) electrons. The highest BCUT2D eigenvalue weighted by Crippen LogP contribution is 2.54. The Kier molecular flexibility index (Phi) is 8.39. The number of rotatable bonds is 10. The van der Waals surface area contributed by atoms with Gasteiger partial charge >= 0.3 is 36.5 Å². The zero-order valence-corrected chi connectivity index (χ0v) is 18.5. The number of anilines is 1. The fraction of sp³-hybridized carbons (Fsp3) is 0.381. The summed E-state index contributed by atoms with van der Waals surface area (Å²) >= 11 is 0. The minimum absolute atomic E-state index is 0.0168. The van der Waals surface area contributed by atoms with Crippen molar-refractivity contribution in [2.24, 2.45) is 0 Å². The first kappa shape index (κ1) is 31.1. The van der Waals surface area contributed by atoms with Crippen LogP contribution in [0.25, 0.3) is 0 Å². The molecule has 1 amide bonds. The van der Waals surface area contributed by atoms with Crippen LogP contribution in [0.4, 0.5) is 62.8 Å². The predicted octanol–water partition coefficient (Wildman–Crippen LogP) is 7.56. The van der Waals surface area contributed by atoms with E-state index in [1.807, 2.05) is 10.1 Å². The summed E-state index contributed by atoms with van der Waals surface area (Å²) < 4.78 is 176. The minimum atomic E-state index is -7.52. The van der Waals surface area contributed by atoms with Crippen LogP contribution in [0, 0.1) is 0 Å². The molecule has 0 aliphatic heterocycles. The second-order valence-corrected chi connectivity index (χ2v) is 7.43. The molecule has 17 heteroatoms. The largest absolute Gasteiger partial charge is 0.527 e. The second-order valence-electron chi connectivity index (χ2n) is 7.43. The number of hydrogen-bond acceptors (Lipinski definition) is 3. The summed E-state index contributed by atoms with van der Waals surface area (Å²) in [6.07, 6.45) is -27.3. The minimum Gasteiger partial charge on any atom is -0.322 e. The molecule has 0 aliphatic rings. The van der Waals surface area contributed by atoms with Crippen molar-refractivity contribution < 1.29 is 71.3 Å². The normalized spacial score (nSPS) is 13.9. The number of ether oxygens (including phenoxy) is 2. The van der Waals surface area contributed by atoms with Gasteiger partial charge in [-0.1, -0.05) is 31.2 Å². The SMILES string of the molecule is CCc1ccc(C(=O)Nc2cccc(C(F)(F)C(F)(F)OC(F)(F)C(F)(F)C(F)(F)OC(F)(F)F)c2)cc1. The van der Waals surface area contributed by atoms with Crippen LogP contribution in [0.5, 0.6) is 0 Å². The molecule has 0 atom stereocenters. The molecule has 1 N–H and O–H groups in total. The fourth-order valence-corrected chi connectivity index (χ4v) is 2.72. The number of benzene rings is 2. The predicted molar refractivity (Wildman–Crippen MR) is 102 cm³/mol. The molecule has 2 rings (SSSR count). The molecular formula is C21H14F13NO3. The van der Waals surface area contributed by atoms with Crippen LogP contribution in [0.15, 0.2) is 48.5 Å². The van der Waals surface area contributed by atoms with Gasteiger partial charge in [0.25, 0.3) is 5.91 Å². The number of halogens is 13. The Hall–Kier alpha value is -3.08. The molecule has 0 heterocycles. The van der Waals surface area contributed by atoms with E-state index in [1.165, 1.54) is 24.3 Å². The van der Waals surface area contributed by atoms with Gasteiger partial charge in [0.1, 0.15) is 0 Å². The molecular weight excluding hydrogens is 561 g/mol. The van der Waals surface area contributed by atoms with E-state index in [0.29, 0.717) is 12.5 Å². The molecule has 0 bridgehead atoms. The Balaban J connectivity index is 2.31. The van der Waals surface area contributed by atoms with Gasteiger partial charge in [-0.05, 0) is 36.2 Å². The Bertz CT molecular complexity index is 1130. The average molecular weight is 575 g/mol. The molecule has 38 heavy (non-hydrogen) atoms. The zero-order valence-electron chi connectivity index (χ0n) is 18.5. The summed E-state index contributed by atoms with van der Waals surface area (Å²) in [6.45, 7) is 1.80. The molecule has 0 fully saturated rings. The van der Waals surface area contributed by atoms with E-state index >= 15 is 0 Å². The van der Waals surface area contributed by atoms with E-state index in [4.69, 9.17) is 0 Å². The monoisotopic (exact) mass is 575 g/mol. The Morgan fingerprint density at radius 3 is 1.76 bits per heavy atom. The quantitative estimate of drug-likeness (QED) is 0.298. The van der Waals surface area contributed by atoms with E-state index in [0.717, 1.165) is 11.6 Å². The molecule has 2 aromatic carbocycles. The van der Waals surface area contributed by atoms with Gasteiger partial charge in [-0.15, -0.1) is 13.2 Å². The standard InChI is InChI=1S/C21H14F13NO3/c1-2-11-6-8-12(9-7-11)15(36)35-14-5-3-4-13(10-14)16(22,23)18(26,27)37-19(28,29)17(24,25)20(30,31)38-21(32,33)34/h3-10H,2H2,1H3,(H,35,36). The molecule has 212 valence electrons. The lowest BCUT2D eigenvalue weighted by Crippen LogP contribution is -2.61. The summed E-state index contributed by atoms with van der Waals surface area (Å²) in [7, 11) is 0. The average Bonchev–Trinajstić information content (AvgIpc) is 2.76. The zero-order chi connectivity index (χ0) is 29.4. The van der Waals surface area contributed by atoms with Crippen molar-refractivity contribution in [2.45, 2.75) is 49.9 Å². The van der Waals surface area contributed by atoms with E-state index in [1.54, 1.807) is 11.7 Å². The second kappa shape index (κ2) is 10.2. The van der Waals surface area contributed by atoms with Crippen LogP contribution in [0.1, 0.15) is 28.4 Å². The maximum Gasteiger partial charge on any atom is 0.527 e. The summed E-state index contributed by atoms with van der Waals surface area (Å²) in [5, 5.41) is 2.03. The van der Waals surface area contributed by atoms with Crippen molar-refractivity contribution >= 4 is 11.6 Å². The third kappa shape index (κ3) is 6.48. The molecule has 0 aromatic heterocycles. The molecule has 0 spiro atoms. The lowest BCUT2D eigenvalue weighted by molar-refractivity contribution is -0.535. The first-order valence-electron chi connectivity index (χ1n) is 9.93. The molecule has 0 unspecified atom stereocenters. The number of carbonyl (C=O) groups is 1. The Labute approximate surface area is 204 Å². The fourth-order valence-electron chi connectivity index (χ4n) is 2.72. The first-order chi connectivity index (χ1) is 17.1. The van der Waals surface area contributed by atoms with Crippen LogP contribution >= 0.6 is 0 Å². The summed E-state index contributed by atoms with van der Waals surface area (Å²) in [5.41, 5.74) is -1.75. The van der Waals surface area contributed by atoms with Crippen LogP contribution in [-0.4, -0.2) is 36.5 Å². The number of aryl methyl sites for hydroxylation is 1. The van der Waals surface area contributed by atoms with Gasteiger partial charge in [0.15, 0.2) is 0 Å². The van der Waals surface area contributed by atoms with Gasteiger partial charge in [-0.3, -0.25) is 4.79 Å². The van der Waals surface area contributed by atoms with Crippen LogP contribution in [0.3, 0.4) is 0 Å². The highest BCUT2D eigenvalue weighted by molar-refractivity contribution is 6.04. The van der Waals surface area contributed by atoms with Crippen molar-refractivity contribution in [2.75, 3.05) is 5.32 Å². The van der Waals surface area contributed by atoms with Crippen molar-refractivity contribution in [3.05, 3.63) is 65.2 Å². The lowest BCUT2D eigenvalue weighted by Gasteiger charge is -2.35. The van der Waals surface area contributed by atoms with Crippen molar-refractivity contribution in [3.8, 4) is 0 Å². The van der Waals surface area contributed by atoms with E-state index in [9.17, 15) is 61.9 Å². The topological polar surface area (TPSA) is 47.6 Å². The number of hydrogen-bond donors (Lipinski definition) is 1. The van der Waals surface area contributed by atoms with Gasteiger partial charge in [0.05, 0.1) is 0 Å². The summed E-state index contributed by atoms with van der Waals surface area (Å²) in [4.78, 5) is 12.2. The van der Waals surface area contributed by atoms with Gasteiger partial charge in [-0.25, -0.2) is 9.47 Å². The number of carbonyl (C=O) groups excluding carboxylic acids is 1. The lowest BCUT2D eigenvalue weighted by atomic mass is 10.1. The van der Waals surface area contributed by atoms with E-state index < -0.39 is 53.7 Å². The Morgan fingerprint density at radius 2 is 1.26 bits per heavy atom. The van der Waals surface area contributed by atoms with E-state index in [-0.39, 0.29) is 17.7 Å². The molecule has 0 saturated heterocycles. The van der Waals surface area contributed by atoms with Crippen LogP contribution in [0.2, 0.25) is 0 Å². The molecule has 0 saturated carbocycles. The highest BCUT2D eigenvalue weighted by atomic mass is 19.4. The van der Waals surface area contributed by atoms with Crippen LogP contribution < -0.4 is 5.32 Å². The third-order valence-electron chi connectivity index (χ3n) is 4.70.